The van der Waals surface area contributed by atoms with E-state index in [1.54, 1.807) is 44.2 Å². The van der Waals surface area contributed by atoms with Crippen LogP contribution >= 0.6 is 0 Å². The third kappa shape index (κ3) is 9.25. The highest BCUT2D eigenvalue weighted by atomic mass is 16.4. The fourth-order valence-electron chi connectivity index (χ4n) is 2.85. The average molecular weight is 466 g/mol. The zero-order valence-electron chi connectivity index (χ0n) is 18.4. The van der Waals surface area contributed by atoms with Crippen LogP contribution in [0.3, 0.4) is 0 Å². The van der Waals surface area contributed by atoms with Gasteiger partial charge in [-0.15, -0.1) is 0 Å². The second-order valence-electron chi connectivity index (χ2n) is 7.77. The van der Waals surface area contributed by atoms with Crippen LogP contribution in [0.15, 0.2) is 30.3 Å². The normalized spacial score (nSPS) is 14.5. The van der Waals surface area contributed by atoms with Crippen molar-refractivity contribution in [1.82, 2.24) is 16.0 Å². The summed E-state index contributed by atoms with van der Waals surface area (Å²) in [5.74, 6) is -5.61. The van der Waals surface area contributed by atoms with Crippen molar-refractivity contribution in [2.75, 3.05) is 6.61 Å². The maximum absolute atomic E-state index is 12.9. The molecule has 4 unspecified atom stereocenters. The summed E-state index contributed by atoms with van der Waals surface area (Å²) in [6.45, 7) is 2.41. The third-order valence-electron chi connectivity index (χ3n) is 4.69. The summed E-state index contributed by atoms with van der Waals surface area (Å²) in [7, 11) is 0. The van der Waals surface area contributed by atoms with Crippen molar-refractivity contribution in [3.63, 3.8) is 0 Å². The molecule has 0 spiro atoms. The summed E-state index contributed by atoms with van der Waals surface area (Å²) < 4.78 is 0. The van der Waals surface area contributed by atoms with Gasteiger partial charge in [-0.1, -0.05) is 44.2 Å². The van der Waals surface area contributed by atoms with Crippen molar-refractivity contribution in [2.45, 2.75) is 50.9 Å². The Bertz CT molecular complexity index is 846. The molecule has 1 rings (SSSR count). The Morgan fingerprint density at radius 3 is 1.94 bits per heavy atom. The number of nitrogens with one attached hydrogen (secondary N) is 3. The molecule has 0 saturated carbocycles. The molecule has 0 aliphatic heterocycles. The average Bonchev–Trinajstić information content (AvgIpc) is 2.74. The topological polar surface area (TPSA) is 208 Å². The Labute approximate surface area is 190 Å². The number of carbonyl (C=O) groups is 5. The van der Waals surface area contributed by atoms with Gasteiger partial charge in [-0.3, -0.25) is 19.2 Å². The molecule has 1 aromatic carbocycles. The van der Waals surface area contributed by atoms with Crippen LogP contribution in [-0.2, 0) is 30.4 Å². The summed E-state index contributed by atoms with van der Waals surface area (Å²) in [6, 6.07) is 3.31. The van der Waals surface area contributed by atoms with Gasteiger partial charge in [0.15, 0.2) is 0 Å². The number of carboxylic acids is 2. The zero-order valence-corrected chi connectivity index (χ0v) is 18.4. The molecule has 8 N–H and O–H groups in total. The van der Waals surface area contributed by atoms with Gasteiger partial charge in [0.05, 0.1) is 19.1 Å². The molecule has 0 radical (unpaired) electrons. The molecule has 12 heteroatoms. The molecule has 182 valence electrons. The second kappa shape index (κ2) is 13.1. The van der Waals surface area contributed by atoms with Gasteiger partial charge in [-0.2, -0.15) is 0 Å². The SMILES string of the molecule is CC(C)C(NC(=O)C(N)CC(=O)O)C(=O)NC(Cc1ccccc1)C(=O)NC(CO)C(=O)O. The molecule has 33 heavy (non-hydrogen) atoms. The fourth-order valence-corrected chi connectivity index (χ4v) is 2.85. The van der Waals surface area contributed by atoms with Crippen LogP contribution in [0.25, 0.3) is 0 Å². The van der Waals surface area contributed by atoms with Gasteiger partial charge in [0.25, 0.3) is 0 Å². The molecule has 3 amide bonds. The van der Waals surface area contributed by atoms with Crippen molar-refractivity contribution >= 4 is 29.7 Å². The lowest BCUT2D eigenvalue weighted by Gasteiger charge is -2.26. The number of carbonyl (C=O) groups excluding carboxylic acids is 3. The first-order valence-corrected chi connectivity index (χ1v) is 10.2. The van der Waals surface area contributed by atoms with E-state index in [0.717, 1.165) is 0 Å². The standard InChI is InChI=1S/C21H30N4O8/c1-11(2)17(25-18(29)13(22)9-16(27)28)20(31)23-14(8-12-6-4-3-5-7-12)19(30)24-15(10-26)21(32)33/h3-7,11,13-15,17,26H,8-10,22H2,1-2H3,(H,23,31)(H,24,30)(H,25,29)(H,27,28)(H,32,33). The first-order chi connectivity index (χ1) is 15.5. The maximum atomic E-state index is 12.9. The first-order valence-electron chi connectivity index (χ1n) is 10.2. The second-order valence-corrected chi connectivity index (χ2v) is 7.77. The summed E-state index contributed by atoms with van der Waals surface area (Å²) >= 11 is 0. The van der Waals surface area contributed by atoms with Gasteiger partial charge in [-0.25, -0.2) is 4.79 Å². The molecule has 0 aromatic heterocycles. The van der Waals surface area contributed by atoms with E-state index in [9.17, 15) is 29.1 Å². The van der Waals surface area contributed by atoms with Crippen LogP contribution in [0.1, 0.15) is 25.8 Å². The number of amides is 3. The van der Waals surface area contributed by atoms with E-state index in [1.807, 2.05) is 0 Å². The maximum Gasteiger partial charge on any atom is 0.328 e. The summed E-state index contributed by atoms with van der Waals surface area (Å²) in [6.07, 6.45) is -0.623. The van der Waals surface area contributed by atoms with Crippen molar-refractivity contribution < 1.29 is 39.3 Å². The fraction of sp³-hybridized carbons (Fsp3) is 0.476. The van der Waals surface area contributed by atoms with Crippen LogP contribution in [0, 0.1) is 5.92 Å². The van der Waals surface area contributed by atoms with Crippen molar-refractivity contribution in [3.8, 4) is 0 Å². The highest BCUT2D eigenvalue weighted by molar-refractivity contribution is 5.95. The predicted octanol–water partition coefficient (Wildman–Crippen LogP) is -1.78. The Morgan fingerprint density at radius 1 is 0.879 bits per heavy atom. The van der Waals surface area contributed by atoms with E-state index in [0.29, 0.717) is 5.56 Å². The number of aliphatic carboxylic acids is 2. The molecule has 0 aliphatic rings. The van der Waals surface area contributed by atoms with Crippen LogP contribution in [0.4, 0.5) is 0 Å². The predicted molar refractivity (Wildman–Crippen MR) is 116 cm³/mol. The van der Waals surface area contributed by atoms with Crippen LogP contribution in [0.2, 0.25) is 0 Å². The molecular weight excluding hydrogens is 436 g/mol. The van der Waals surface area contributed by atoms with Crippen molar-refractivity contribution in [1.29, 1.82) is 0 Å². The van der Waals surface area contributed by atoms with E-state index in [4.69, 9.17) is 15.9 Å². The number of benzene rings is 1. The van der Waals surface area contributed by atoms with Gasteiger partial charge in [-0.05, 0) is 11.5 Å². The van der Waals surface area contributed by atoms with Gasteiger partial charge < -0.3 is 37.0 Å². The molecule has 1 aromatic rings. The number of rotatable bonds is 13. The summed E-state index contributed by atoms with van der Waals surface area (Å²) in [5, 5.41) is 34.1. The minimum Gasteiger partial charge on any atom is -0.481 e. The molecule has 0 aliphatic carbocycles. The van der Waals surface area contributed by atoms with Gasteiger partial charge in [0.1, 0.15) is 18.1 Å². The number of nitrogens with two attached hydrogens (primary N) is 1. The number of hydrogen-bond acceptors (Lipinski definition) is 7. The lowest BCUT2D eigenvalue weighted by Crippen LogP contribution is -2.59. The number of aliphatic hydroxyl groups is 1. The monoisotopic (exact) mass is 466 g/mol. The lowest BCUT2D eigenvalue weighted by molar-refractivity contribution is -0.143. The van der Waals surface area contributed by atoms with Gasteiger partial charge in [0, 0.05) is 6.42 Å². The van der Waals surface area contributed by atoms with Crippen LogP contribution < -0.4 is 21.7 Å². The minimum atomic E-state index is -1.57. The lowest BCUT2D eigenvalue weighted by atomic mass is 10.00. The minimum absolute atomic E-state index is 0.00741. The highest BCUT2D eigenvalue weighted by Crippen LogP contribution is 2.08. The van der Waals surface area contributed by atoms with E-state index in [2.05, 4.69) is 16.0 Å². The molecule has 0 saturated heterocycles. The van der Waals surface area contributed by atoms with Gasteiger partial charge >= 0.3 is 11.9 Å². The zero-order chi connectivity index (χ0) is 25.1. The van der Waals surface area contributed by atoms with Crippen molar-refractivity contribution in [3.05, 3.63) is 35.9 Å². The summed E-state index contributed by atoms with van der Waals surface area (Å²) in [4.78, 5) is 59.8. The molecule has 12 nitrogen and oxygen atoms in total. The van der Waals surface area contributed by atoms with Crippen LogP contribution in [-0.4, -0.2) is 75.8 Å². The Morgan fingerprint density at radius 2 is 1.45 bits per heavy atom. The summed E-state index contributed by atoms with van der Waals surface area (Å²) in [5.41, 5.74) is 6.22. The molecule has 0 fully saturated rings. The van der Waals surface area contributed by atoms with Gasteiger partial charge in [0.2, 0.25) is 17.7 Å². The third-order valence-corrected chi connectivity index (χ3v) is 4.69. The van der Waals surface area contributed by atoms with E-state index < -0.39 is 72.8 Å². The van der Waals surface area contributed by atoms with E-state index in [-0.39, 0.29) is 6.42 Å². The Hall–Kier alpha value is -3.51. The molecule has 4 atom stereocenters. The molecular formula is C21H30N4O8. The largest absolute Gasteiger partial charge is 0.481 e. The Balaban J connectivity index is 3.04. The number of carboxylic acid groups (broad SMARTS) is 2. The highest BCUT2D eigenvalue weighted by Gasteiger charge is 2.32. The van der Waals surface area contributed by atoms with Crippen molar-refractivity contribution in [2.24, 2.45) is 11.7 Å². The van der Waals surface area contributed by atoms with Crippen LogP contribution in [0.5, 0.6) is 0 Å². The smallest absolute Gasteiger partial charge is 0.328 e. The molecule has 0 bridgehead atoms. The Kier molecular flexibility index (Phi) is 11.0. The van der Waals surface area contributed by atoms with E-state index >= 15 is 0 Å². The number of aliphatic hydroxyl groups excluding tert-OH is 1. The quantitative estimate of drug-likeness (QED) is 0.175. The number of hydrogen-bond donors (Lipinski definition) is 7. The van der Waals surface area contributed by atoms with E-state index in [1.165, 1.54) is 0 Å². The first kappa shape index (κ1) is 27.5. The molecule has 0 heterocycles.